The van der Waals surface area contributed by atoms with Crippen LogP contribution in [0.5, 0.6) is 0 Å². The van der Waals surface area contributed by atoms with E-state index in [0.717, 1.165) is 25.3 Å². The third-order valence-electron chi connectivity index (χ3n) is 2.65. The second-order valence-corrected chi connectivity index (χ2v) is 7.47. The Morgan fingerprint density at radius 1 is 1.00 bits per heavy atom. The van der Waals surface area contributed by atoms with E-state index in [1.165, 1.54) is 11.3 Å². The molecule has 0 aliphatic heterocycles. The van der Waals surface area contributed by atoms with Gasteiger partial charge in [0.05, 0.1) is 8.66 Å². The van der Waals surface area contributed by atoms with Gasteiger partial charge in [-0.15, -0.1) is 21.5 Å². The van der Waals surface area contributed by atoms with Gasteiger partial charge in [0.15, 0.2) is 16.8 Å². The van der Waals surface area contributed by atoms with Crippen LogP contribution in [-0.2, 0) is 0 Å². The lowest BCUT2D eigenvalue weighted by Crippen LogP contribution is -1.93. The number of fused-ring (bicyclic) bond motifs is 1. The summed E-state index contributed by atoms with van der Waals surface area (Å²) in [5, 5.41) is 8.59. The van der Waals surface area contributed by atoms with Crippen molar-refractivity contribution in [2.45, 2.75) is 0 Å². The lowest BCUT2D eigenvalue weighted by atomic mass is 10.1. The summed E-state index contributed by atoms with van der Waals surface area (Å²) in [7, 11) is 0. The van der Waals surface area contributed by atoms with Crippen LogP contribution in [0, 0.1) is 11.6 Å². The fraction of sp³-hybridized carbons (Fsp3) is 0. The number of thiophene rings is 1. The molecule has 0 atom stereocenters. The Morgan fingerprint density at radius 2 is 1.65 bits per heavy atom. The summed E-state index contributed by atoms with van der Waals surface area (Å²) in [6, 6.07) is 3.94. The molecule has 0 fully saturated rings. The maximum Gasteiger partial charge on any atom is 0.159 e. The summed E-state index contributed by atoms with van der Waals surface area (Å²) in [6.07, 6.45) is 0. The van der Waals surface area contributed by atoms with E-state index in [1.54, 1.807) is 0 Å². The molecule has 3 aromatic rings. The van der Waals surface area contributed by atoms with Gasteiger partial charge in [0.25, 0.3) is 0 Å². The molecule has 20 heavy (non-hydrogen) atoms. The third kappa shape index (κ3) is 2.36. The summed E-state index contributed by atoms with van der Waals surface area (Å²) in [6.45, 7) is 0. The normalized spacial score (nSPS) is 11.2. The molecule has 2 nitrogen and oxygen atoms in total. The van der Waals surface area contributed by atoms with E-state index in [0.29, 0.717) is 16.5 Å². The smallest absolute Gasteiger partial charge is 0.159 e. The van der Waals surface area contributed by atoms with Gasteiger partial charge in [-0.2, -0.15) is 0 Å². The summed E-state index contributed by atoms with van der Waals surface area (Å²) in [5.41, 5.74) is 0.458. The van der Waals surface area contributed by atoms with Crippen molar-refractivity contribution in [3.63, 3.8) is 0 Å². The Hall–Kier alpha value is -0.630. The van der Waals surface area contributed by atoms with Crippen LogP contribution in [0.25, 0.3) is 21.3 Å². The Balaban J connectivity index is 2.36. The topological polar surface area (TPSA) is 25.8 Å². The van der Waals surface area contributed by atoms with Crippen LogP contribution in [0.3, 0.4) is 0 Å². The Bertz CT molecular complexity index is 818. The highest BCUT2D eigenvalue weighted by molar-refractivity contribution is 9.13. The highest BCUT2D eigenvalue weighted by atomic mass is 79.9. The standard InChI is InChI=1S/C12H3Br2ClF2N2S/c13-6-3-9(20-11(6)14)10-4-1-7(16)8(17)2-5(4)12(15)19-18-10/h1-3H. The van der Waals surface area contributed by atoms with Gasteiger partial charge >= 0.3 is 0 Å². The minimum atomic E-state index is -0.966. The Kier molecular flexibility index (Phi) is 3.79. The molecule has 1 aromatic carbocycles. The van der Waals surface area contributed by atoms with E-state index < -0.39 is 11.6 Å². The highest BCUT2D eigenvalue weighted by Crippen LogP contribution is 2.40. The van der Waals surface area contributed by atoms with Crippen molar-refractivity contribution in [2.75, 3.05) is 0 Å². The molecule has 0 amide bonds. The molecule has 0 saturated carbocycles. The van der Waals surface area contributed by atoms with E-state index in [9.17, 15) is 8.78 Å². The van der Waals surface area contributed by atoms with Crippen molar-refractivity contribution < 1.29 is 8.78 Å². The first-order valence-corrected chi connectivity index (χ1v) is 8.01. The molecule has 0 spiro atoms. The van der Waals surface area contributed by atoms with Gasteiger partial charge in [-0.1, -0.05) is 11.6 Å². The van der Waals surface area contributed by atoms with Crippen molar-refractivity contribution in [1.82, 2.24) is 10.2 Å². The molecule has 3 rings (SSSR count). The summed E-state index contributed by atoms with van der Waals surface area (Å²) >= 11 is 14.1. The van der Waals surface area contributed by atoms with Crippen molar-refractivity contribution in [2.24, 2.45) is 0 Å². The van der Waals surface area contributed by atoms with Crippen molar-refractivity contribution in [3.8, 4) is 10.6 Å². The monoisotopic (exact) mass is 438 g/mol. The van der Waals surface area contributed by atoms with Crippen LogP contribution < -0.4 is 0 Å². The van der Waals surface area contributed by atoms with Crippen LogP contribution in [0.1, 0.15) is 0 Å². The molecule has 102 valence electrons. The third-order valence-corrected chi connectivity index (χ3v) is 6.20. The van der Waals surface area contributed by atoms with E-state index in [1.807, 2.05) is 6.07 Å². The predicted molar refractivity (Wildman–Crippen MR) is 83.2 cm³/mol. The maximum absolute atomic E-state index is 13.5. The molecule has 2 heterocycles. The number of rotatable bonds is 1. The van der Waals surface area contributed by atoms with Gasteiger partial charge in [-0.05, 0) is 50.1 Å². The fourth-order valence-corrected chi connectivity index (χ4v) is 3.99. The molecule has 0 saturated heterocycles. The first-order chi connectivity index (χ1) is 9.47. The first kappa shape index (κ1) is 14.3. The minimum absolute atomic E-state index is 0.0392. The van der Waals surface area contributed by atoms with Crippen LogP contribution in [0.4, 0.5) is 8.78 Å². The first-order valence-electron chi connectivity index (χ1n) is 5.23. The van der Waals surface area contributed by atoms with Crippen LogP contribution in [-0.4, -0.2) is 10.2 Å². The molecule has 0 aliphatic carbocycles. The second kappa shape index (κ2) is 5.29. The highest BCUT2D eigenvalue weighted by Gasteiger charge is 2.16. The number of hydrogen-bond acceptors (Lipinski definition) is 3. The Morgan fingerprint density at radius 3 is 2.25 bits per heavy atom. The summed E-state index contributed by atoms with van der Waals surface area (Å²) < 4.78 is 28.5. The Labute approximate surface area is 138 Å². The van der Waals surface area contributed by atoms with Crippen molar-refractivity contribution in [3.05, 3.63) is 43.2 Å². The molecule has 0 N–H and O–H groups in total. The van der Waals surface area contributed by atoms with Gasteiger partial charge in [-0.3, -0.25) is 0 Å². The molecule has 0 unspecified atom stereocenters. The number of aromatic nitrogens is 2. The number of benzene rings is 1. The molecular formula is C12H3Br2ClF2N2S. The molecule has 8 heteroatoms. The quantitative estimate of drug-likeness (QED) is 0.477. The number of hydrogen-bond donors (Lipinski definition) is 0. The SMILES string of the molecule is Fc1cc2c(Cl)nnc(-c3cc(Br)c(Br)s3)c2cc1F. The summed E-state index contributed by atoms with van der Waals surface area (Å²) in [4.78, 5) is 0.768. The largest absolute Gasteiger partial charge is 0.204 e. The van der Waals surface area contributed by atoms with Gasteiger partial charge < -0.3 is 0 Å². The van der Waals surface area contributed by atoms with Crippen LogP contribution >= 0.6 is 54.8 Å². The molecule has 0 bridgehead atoms. The van der Waals surface area contributed by atoms with Crippen molar-refractivity contribution in [1.29, 1.82) is 0 Å². The lowest BCUT2D eigenvalue weighted by molar-refractivity contribution is 0.511. The van der Waals surface area contributed by atoms with E-state index in [2.05, 4.69) is 42.1 Å². The van der Waals surface area contributed by atoms with Gasteiger partial charge in [0.1, 0.15) is 5.69 Å². The molecule has 0 radical (unpaired) electrons. The van der Waals surface area contributed by atoms with Gasteiger partial charge in [-0.25, -0.2) is 8.78 Å². The van der Waals surface area contributed by atoms with Crippen molar-refractivity contribution >= 4 is 65.6 Å². The fourth-order valence-electron chi connectivity index (χ4n) is 1.76. The van der Waals surface area contributed by atoms with Crippen LogP contribution in [0.15, 0.2) is 26.5 Å². The van der Waals surface area contributed by atoms with E-state index in [4.69, 9.17) is 11.6 Å². The van der Waals surface area contributed by atoms with Crippen LogP contribution in [0.2, 0.25) is 5.15 Å². The zero-order valence-corrected chi connectivity index (χ0v) is 14.2. The zero-order valence-electron chi connectivity index (χ0n) is 9.42. The predicted octanol–water partition coefficient (Wildman–Crippen LogP) is 5.81. The lowest BCUT2D eigenvalue weighted by Gasteiger charge is -2.05. The van der Waals surface area contributed by atoms with Gasteiger partial charge in [0.2, 0.25) is 0 Å². The second-order valence-electron chi connectivity index (χ2n) is 3.88. The van der Waals surface area contributed by atoms with E-state index in [-0.39, 0.29) is 5.15 Å². The average molecular weight is 440 g/mol. The molecular weight excluding hydrogens is 437 g/mol. The van der Waals surface area contributed by atoms with Gasteiger partial charge in [0, 0.05) is 15.2 Å². The number of nitrogens with zero attached hydrogens (tertiary/aromatic N) is 2. The zero-order chi connectivity index (χ0) is 14.4. The molecule has 2 aromatic heterocycles. The molecule has 0 aliphatic rings. The maximum atomic E-state index is 13.5. The number of halogens is 5. The summed E-state index contributed by atoms with van der Waals surface area (Å²) in [5.74, 6) is -1.91. The van der Waals surface area contributed by atoms with E-state index >= 15 is 0 Å². The minimum Gasteiger partial charge on any atom is -0.204 e. The average Bonchev–Trinajstić information content (AvgIpc) is 2.72.